The molecule has 1 aliphatic carbocycles. The zero-order valence-corrected chi connectivity index (χ0v) is 13.7. The van der Waals surface area contributed by atoms with E-state index in [0.717, 1.165) is 42.7 Å². The number of thiophene rings is 1. The number of amides is 2. The molecule has 0 spiro atoms. The van der Waals surface area contributed by atoms with Gasteiger partial charge >= 0.3 is 0 Å². The molecule has 0 saturated carbocycles. The van der Waals surface area contributed by atoms with E-state index in [0.29, 0.717) is 12.0 Å². The van der Waals surface area contributed by atoms with Crippen LogP contribution in [0, 0.1) is 0 Å². The molecule has 0 atom stereocenters. The molecule has 116 valence electrons. The van der Waals surface area contributed by atoms with Crippen LogP contribution in [-0.2, 0) is 17.6 Å². The van der Waals surface area contributed by atoms with Gasteiger partial charge < -0.3 is 10.6 Å². The van der Waals surface area contributed by atoms with Gasteiger partial charge in [-0.15, -0.1) is 11.3 Å². The monoisotopic (exact) mass is 308 g/mol. The van der Waals surface area contributed by atoms with Crippen LogP contribution >= 0.6 is 11.3 Å². The fourth-order valence-corrected chi connectivity index (χ4v) is 4.03. The zero-order chi connectivity index (χ0) is 15.2. The SMILES string of the molecule is CCCCC(=O)Nc1sc2c(c1C(=O)NC)CCCCC2. The van der Waals surface area contributed by atoms with E-state index in [1.54, 1.807) is 18.4 Å². The number of hydrogen-bond acceptors (Lipinski definition) is 3. The van der Waals surface area contributed by atoms with E-state index >= 15 is 0 Å². The summed E-state index contributed by atoms with van der Waals surface area (Å²) in [6.07, 6.45) is 7.87. The molecule has 0 saturated heterocycles. The standard InChI is InChI=1S/C16H24N2O2S/c1-3-4-10-13(19)18-16-14(15(20)17-2)11-8-6-5-7-9-12(11)21-16/h3-10H2,1-2H3,(H,17,20)(H,18,19). The highest BCUT2D eigenvalue weighted by atomic mass is 32.1. The number of fused-ring (bicyclic) bond motifs is 1. The Hall–Kier alpha value is -1.36. The average molecular weight is 308 g/mol. The first kappa shape index (κ1) is 16.0. The van der Waals surface area contributed by atoms with Gasteiger partial charge in [0.25, 0.3) is 5.91 Å². The van der Waals surface area contributed by atoms with Crippen LogP contribution < -0.4 is 10.6 Å². The van der Waals surface area contributed by atoms with E-state index in [1.165, 1.54) is 17.7 Å². The molecule has 1 aliphatic rings. The first-order valence-electron chi connectivity index (χ1n) is 7.83. The number of hydrogen-bond donors (Lipinski definition) is 2. The molecular weight excluding hydrogens is 284 g/mol. The molecular formula is C16H24N2O2S. The summed E-state index contributed by atoms with van der Waals surface area (Å²) < 4.78 is 0. The summed E-state index contributed by atoms with van der Waals surface area (Å²) in [6, 6.07) is 0. The van der Waals surface area contributed by atoms with E-state index in [4.69, 9.17) is 0 Å². The number of aryl methyl sites for hydroxylation is 1. The molecule has 0 bridgehead atoms. The van der Waals surface area contributed by atoms with Crippen molar-refractivity contribution in [3.8, 4) is 0 Å². The van der Waals surface area contributed by atoms with Crippen molar-refractivity contribution in [1.82, 2.24) is 5.32 Å². The van der Waals surface area contributed by atoms with Gasteiger partial charge in [-0.05, 0) is 37.7 Å². The molecule has 1 aromatic heterocycles. The third-order valence-corrected chi connectivity index (χ3v) is 5.09. The van der Waals surface area contributed by atoms with Crippen molar-refractivity contribution in [2.75, 3.05) is 12.4 Å². The molecule has 0 fully saturated rings. The summed E-state index contributed by atoms with van der Waals surface area (Å²) in [5.41, 5.74) is 1.85. The molecule has 4 nitrogen and oxygen atoms in total. The second kappa shape index (κ2) is 7.59. The highest BCUT2D eigenvalue weighted by molar-refractivity contribution is 7.17. The molecule has 2 amide bonds. The van der Waals surface area contributed by atoms with Crippen molar-refractivity contribution >= 4 is 28.2 Å². The number of unbranched alkanes of at least 4 members (excludes halogenated alkanes) is 1. The first-order chi connectivity index (χ1) is 10.2. The van der Waals surface area contributed by atoms with Gasteiger partial charge in [-0.1, -0.05) is 19.8 Å². The Morgan fingerprint density at radius 3 is 2.67 bits per heavy atom. The van der Waals surface area contributed by atoms with E-state index in [9.17, 15) is 9.59 Å². The Kier molecular flexibility index (Phi) is 5.79. The molecule has 21 heavy (non-hydrogen) atoms. The van der Waals surface area contributed by atoms with Gasteiger partial charge in [0.1, 0.15) is 5.00 Å². The second-order valence-electron chi connectivity index (χ2n) is 5.50. The summed E-state index contributed by atoms with van der Waals surface area (Å²) in [4.78, 5) is 25.5. The highest BCUT2D eigenvalue weighted by Gasteiger charge is 2.24. The number of nitrogens with one attached hydrogen (secondary N) is 2. The van der Waals surface area contributed by atoms with E-state index < -0.39 is 0 Å². The Morgan fingerprint density at radius 2 is 1.95 bits per heavy atom. The highest BCUT2D eigenvalue weighted by Crippen LogP contribution is 2.37. The fourth-order valence-electron chi connectivity index (χ4n) is 2.72. The maximum Gasteiger partial charge on any atom is 0.254 e. The van der Waals surface area contributed by atoms with Crippen molar-refractivity contribution < 1.29 is 9.59 Å². The minimum atomic E-state index is -0.0832. The van der Waals surface area contributed by atoms with Gasteiger partial charge in [-0.3, -0.25) is 9.59 Å². The summed E-state index contributed by atoms with van der Waals surface area (Å²) in [6.45, 7) is 2.07. The summed E-state index contributed by atoms with van der Waals surface area (Å²) in [5.74, 6) is -0.0707. The molecule has 1 heterocycles. The Labute approximate surface area is 130 Å². The lowest BCUT2D eigenvalue weighted by atomic mass is 10.0. The lowest BCUT2D eigenvalue weighted by Crippen LogP contribution is -2.21. The maximum absolute atomic E-state index is 12.2. The van der Waals surface area contributed by atoms with Gasteiger partial charge in [0, 0.05) is 18.3 Å². The average Bonchev–Trinajstić information content (AvgIpc) is 2.66. The maximum atomic E-state index is 12.2. The second-order valence-corrected chi connectivity index (χ2v) is 6.60. The van der Waals surface area contributed by atoms with Crippen LogP contribution in [0.3, 0.4) is 0 Å². The van der Waals surface area contributed by atoms with E-state index in [2.05, 4.69) is 17.6 Å². The van der Waals surface area contributed by atoms with E-state index in [1.807, 2.05) is 0 Å². The van der Waals surface area contributed by atoms with Crippen molar-refractivity contribution in [2.24, 2.45) is 0 Å². The summed E-state index contributed by atoms with van der Waals surface area (Å²) in [5, 5.41) is 6.41. The molecule has 0 radical (unpaired) electrons. The van der Waals surface area contributed by atoms with Crippen LogP contribution in [0.4, 0.5) is 5.00 Å². The van der Waals surface area contributed by atoms with Crippen LogP contribution in [0.1, 0.15) is 66.2 Å². The summed E-state index contributed by atoms with van der Waals surface area (Å²) in [7, 11) is 1.64. The normalized spacial score (nSPS) is 14.2. The Balaban J connectivity index is 2.27. The molecule has 1 aromatic rings. The van der Waals surface area contributed by atoms with Crippen molar-refractivity contribution in [3.05, 3.63) is 16.0 Å². The van der Waals surface area contributed by atoms with Crippen LogP contribution in [0.5, 0.6) is 0 Å². The van der Waals surface area contributed by atoms with Crippen molar-refractivity contribution in [1.29, 1.82) is 0 Å². The van der Waals surface area contributed by atoms with Crippen molar-refractivity contribution in [3.63, 3.8) is 0 Å². The predicted molar refractivity (Wildman–Crippen MR) is 87.1 cm³/mol. The molecule has 2 N–H and O–H groups in total. The molecule has 0 aromatic carbocycles. The zero-order valence-electron chi connectivity index (χ0n) is 12.9. The Bertz CT molecular complexity index is 523. The van der Waals surface area contributed by atoms with Gasteiger partial charge in [0.15, 0.2) is 0 Å². The largest absolute Gasteiger partial charge is 0.355 e. The lowest BCUT2D eigenvalue weighted by molar-refractivity contribution is -0.116. The van der Waals surface area contributed by atoms with Crippen LogP contribution in [0.2, 0.25) is 0 Å². The van der Waals surface area contributed by atoms with Gasteiger partial charge in [-0.25, -0.2) is 0 Å². The fraction of sp³-hybridized carbons (Fsp3) is 0.625. The number of carbonyl (C=O) groups excluding carboxylic acids is 2. The number of anilines is 1. The van der Waals surface area contributed by atoms with Crippen LogP contribution in [0.25, 0.3) is 0 Å². The third-order valence-electron chi connectivity index (χ3n) is 3.89. The predicted octanol–water partition coefficient (Wildman–Crippen LogP) is 3.51. The molecule has 0 unspecified atom stereocenters. The molecule has 0 aliphatic heterocycles. The topological polar surface area (TPSA) is 58.2 Å². The molecule has 2 rings (SSSR count). The van der Waals surface area contributed by atoms with Crippen LogP contribution in [0.15, 0.2) is 0 Å². The van der Waals surface area contributed by atoms with E-state index in [-0.39, 0.29) is 11.8 Å². The van der Waals surface area contributed by atoms with Crippen molar-refractivity contribution in [2.45, 2.75) is 58.3 Å². The third kappa shape index (κ3) is 3.84. The van der Waals surface area contributed by atoms with Crippen LogP contribution in [-0.4, -0.2) is 18.9 Å². The number of rotatable bonds is 5. The summed E-state index contributed by atoms with van der Waals surface area (Å²) >= 11 is 1.59. The molecule has 5 heteroatoms. The van der Waals surface area contributed by atoms with Gasteiger partial charge in [-0.2, -0.15) is 0 Å². The lowest BCUT2D eigenvalue weighted by Gasteiger charge is -2.07. The van der Waals surface area contributed by atoms with Gasteiger partial charge in [0.2, 0.25) is 5.91 Å². The minimum Gasteiger partial charge on any atom is -0.355 e. The minimum absolute atomic E-state index is 0.0124. The quantitative estimate of drug-likeness (QED) is 0.818. The Morgan fingerprint density at radius 1 is 1.19 bits per heavy atom. The van der Waals surface area contributed by atoms with Gasteiger partial charge in [0.05, 0.1) is 5.56 Å². The smallest absolute Gasteiger partial charge is 0.254 e. The number of carbonyl (C=O) groups is 2. The first-order valence-corrected chi connectivity index (χ1v) is 8.65.